The first kappa shape index (κ1) is 12.8. The third-order valence-electron chi connectivity index (χ3n) is 2.79. The number of benzene rings is 2. The third-order valence-corrected chi connectivity index (χ3v) is 4.25. The molecule has 2 aromatic carbocycles. The van der Waals surface area contributed by atoms with Crippen LogP contribution in [0.25, 0.3) is 0 Å². The minimum Gasteiger partial charge on any atom is -0.398 e. The number of nitrogen functional groups attached to an aromatic ring is 1. The van der Waals surface area contributed by atoms with Crippen LogP contribution in [0.5, 0.6) is 0 Å². The number of aryl methyl sites for hydroxylation is 2. The van der Waals surface area contributed by atoms with Gasteiger partial charge >= 0.3 is 0 Å². The summed E-state index contributed by atoms with van der Waals surface area (Å²) in [6, 6.07) is 13.7. The second kappa shape index (κ2) is 5.36. The summed E-state index contributed by atoms with van der Waals surface area (Å²) in [6.07, 6.45) is 0. The van der Waals surface area contributed by atoms with E-state index in [1.165, 1.54) is 5.56 Å². The second-order valence-corrected chi connectivity index (χ2v) is 5.94. The van der Waals surface area contributed by atoms with Crippen LogP contribution < -0.4 is 5.73 Å². The molecule has 3 heteroatoms. The van der Waals surface area contributed by atoms with Crippen LogP contribution in [0.3, 0.4) is 0 Å². The maximum absolute atomic E-state index is 12.3. The molecule has 0 aliphatic heterocycles. The molecule has 2 aromatic rings. The van der Waals surface area contributed by atoms with Crippen molar-refractivity contribution in [3.63, 3.8) is 0 Å². The van der Waals surface area contributed by atoms with Crippen molar-refractivity contribution < 1.29 is 4.21 Å². The highest BCUT2D eigenvalue weighted by Crippen LogP contribution is 2.20. The van der Waals surface area contributed by atoms with Gasteiger partial charge in [-0.05, 0) is 37.1 Å². The number of nitrogens with two attached hydrogens (primary N) is 1. The second-order valence-electron chi connectivity index (χ2n) is 4.52. The molecule has 0 amide bonds. The van der Waals surface area contributed by atoms with Gasteiger partial charge in [0, 0.05) is 5.69 Å². The standard InChI is InChI=1S/C15H17NOS/c1-11-4-3-5-13(8-11)10-18(17)15-7-6-12(2)9-14(15)16/h3-9H,10,16H2,1-2H3. The first-order valence-corrected chi connectivity index (χ1v) is 7.18. The third kappa shape index (κ3) is 2.99. The fourth-order valence-corrected chi connectivity index (χ4v) is 3.09. The van der Waals surface area contributed by atoms with Crippen LogP contribution in [0.1, 0.15) is 16.7 Å². The van der Waals surface area contributed by atoms with Gasteiger partial charge in [0.15, 0.2) is 0 Å². The number of hydrogen-bond acceptors (Lipinski definition) is 2. The molecule has 2 N–H and O–H groups in total. The van der Waals surface area contributed by atoms with E-state index in [4.69, 9.17) is 5.73 Å². The van der Waals surface area contributed by atoms with Gasteiger partial charge in [0.2, 0.25) is 0 Å². The summed E-state index contributed by atoms with van der Waals surface area (Å²) in [5.41, 5.74) is 9.87. The predicted octanol–water partition coefficient (Wildman–Crippen LogP) is 3.19. The normalized spacial score (nSPS) is 12.3. The quantitative estimate of drug-likeness (QED) is 0.860. The smallest absolute Gasteiger partial charge is 0.0621 e. The van der Waals surface area contributed by atoms with Gasteiger partial charge in [0.1, 0.15) is 0 Å². The van der Waals surface area contributed by atoms with E-state index in [1.807, 2.05) is 50.2 Å². The average Bonchev–Trinajstić information content (AvgIpc) is 2.28. The van der Waals surface area contributed by atoms with Crippen molar-refractivity contribution in [3.8, 4) is 0 Å². The van der Waals surface area contributed by atoms with Crippen molar-refractivity contribution >= 4 is 16.5 Å². The van der Waals surface area contributed by atoms with E-state index in [1.54, 1.807) is 0 Å². The Morgan fingerprint density at radius 1 is 1.06 bits per heavy atom. The minimum atomic E-state index is -1.09. The van der Waals surface area contributed by atoms with Gasteiger partial charge in [0.05, 0.1) is 21.4 Å². The highest BCUT2D eigenvalue weighted by molar-refractivity contribution is 7.84. The van der Waals surface area contributed by atoms with Crippen LogP contribution in [0, 0.1) is 13.8 Å². The van der Waals surface area contributed by atoms with Crippen molar-refractivity contribution in [3.05, 3.63) is 59.2 Å². The van der Waals surface area contributed by atoms with E-state index >= 15 is 0 Å². The Hall–Kier alpha value is -1.61. The zero-order chi connectivity index (χ0) is 13.1. The Labute approximate surface area is 110 Å². The molecular formula is C15H17NOS. The molecule has 0 radical (unpaired) electrons. The average molecular weight is 259 g/mol. The van der Waals surface area contributed by atoms with Crippen LogP contribution in [0.15, 0.2) is 47.4 Å². The zero-order valence-corrected chi connectivity index (χ0v) is 11.5. The molecule has 0 aromatic heterocycles. The Kier molecular flexibility index (Phi) is 3.82. The lowest BCUT2D eigenvalue weighted by atomic mass is 10.2. The summed E-state index contributed by atoms with van der Waals surface area (Å²) in [6.45, 7) is 4.01. The number of rotatable bonds is 3. The molecule has 0 saturated heterocycles. The minimum absolute atomic E-state index is 0.509. The summed E-state index contributed by atoms with van der Waals surface area (Å²) in [7, 11) is -1.09. The molecule has 0 aliphatic rings. The van der Waals surface area contributed by atoms with Gasteiger partial charge in [-0.1, -0.05) is 35.9 Å². The van der Waals surface area contributed by atoms with Crippen LogP contribution in [-0.4, -0.2) is 4.21 Å². The Morgan fingerprint density at radius 2 is 1.78 bits per heavy atom. The molecule has 94 valence electrons. The fraction of sp³-hybridized carbons (Fsp3) is 0.200. The highest BCUT2D eigenvalue weighted by Gasteiger charge is 2.09. The monoisotopic (exact) mass is 259 g/mol. The lowest BCUT2D eigenvalue weighted by Gasteiger charge is -2.07. The molecule has 0 aliphatic carbocycles. The lowest BCUT2D eigenvalue weighted by Crippen LogP contribution is -2.01. The summed E-state index contributed by atoms with van der Waals surface area (Å²) < 4.78 is 12.3. The molecule has 1 atom stereocenters. The van der Waals surface area contributed by atoms with Gasteiger partial charge in [-0.15, -0.1) is 0 Å². The first-order chi connectivity index (χ1) is 8.56. The summed E-state index contributed by atoms with van der Waals surface area (Å²) >= 11 is 0. The molecule has 2 rings (SSSR count). The van der Waals surface area contributed by atoms with Crippen molar-refractivity contribution in [1.82, 2.24) is 0 Å². The summed E-state index contributed by atoms with van der Waals surface area (Å²) in [4.78, 5) is 0.724. The van der Waals surface area contributed by atoms with Crippen molar-refractivity contribution in [1.29, 1.82) is 0 Å². The molecule has 0 heterocycles. The maximum Gasteiger partial charge on any atom is 0.0621 e. The number of hydrogen-bond donors (Lipinski definition) is 1. The fourth-order valence-electron chi connectivity index (χ4n) is 1.91. The van der Waals surface area contributed by atoms with E-state index in [-0.39, 0.29) is 0 Å². The van der Waals surface area contributed by atoms with E-state index in [9.17, 15) is 4.21 Å². The molecule has 1 unspecified atom stereocenters. The van der Waals surface area contributed by atoms with Crippen LogP contribution in [0.2, 0.25) is 0 Å². The van der Waals surface area contributed by atoms with E-state index < -0.39 is 10.8 Å². The predicted molar refractivity (Wildman–Crippen MR) is 76.9 cm³/mol. The van der Waals surface area contributed by atoms with E-state index in [0.29, 0.717) is 11.4 Å². The lowest BCUT2D eigenvalue weighted by molar-refractivity contribution is 0.683. The largest absolute Gasteiger partial charge is 0.398 e. The molecule has 0 bridgehead atoms. The topological polar surface area (TPSA) is 43.1 Å². The number of anilines is 1. The van der Waals surface area contributed by atoms with Crippen LogP contribution in [-0.2, 0) is 16.6 Å². The summed E-state index contributed by atoms with van der Waals surface area (Å²) in [5.74, 6) is 0.509. The Bertz CT molecular complexity index is 593. The van der Waals surface area contributed by atoms with Gasteiger partial charge in [0.25, 0.3) is 0 Å². The van der Waals surface area contributed by atoms with Crippen molar-refractivity contribution in [2.24, 2.45) is 0 Å². The summed E-state index contributed by atoms with van der Waals surface area (Å²) in [5, 5.41) is 0. The van der Waals surface area contributed by atoms with E-state index in [0.717, 1.165) is 16.0 Å². The molecule has 0 spiro atoms. The highest BCUT2D eigenvalue weighted by atomic mass is 32.2. The van der Waals surface area contributed by atoms with Gasteiger partial charge in [-0.25, -0.2) is 0 Å². The van der Waals surface area contributed by atoms with Crippen molar-refractivity contribution in [2.45, 2.75) is 24.5 Å². The Balaban J connectivity index is 2.22. The van der Waals surface area contributed by atoms with Crippen LogP contribution >= 0.6 is 0 Å². The van der Waals surface area contributed by atoms with Gasteiger partial charge in [-0.2, -0.15) is 0 Å². The molecule has 0 saturated carbocycles. The molecule has 18 heavy (non-hydrogen) atoms. The van der Waals surface area contributed by atoms with Crippen molar-refractivity contribution in [2.75, 3.05) is 5.73 Å². The van der Waals surface area contributed by atoms with Crippen LogP contribution in [0.4, 0.5) is 5.69 Å². The molecular weight excluding hydrogens is 242 g/mol. The van der Waals surface area contributed by atoms with E-state index in [2.05, 4.69) is 6.07 Å². The first-order valence-electron chi connectivity index (χ1n) is 5.86. The zero-order valence-electron chi connectivity index (χ0n) is 10.6. The maximum atomic E-state index is 12.3. The molecule has 0 fully saturated rings. The Morgan fingerprint density at radius 3 is 2.44 bits per heavy atom. The van der Waals surface area contributed by atoms with Gasteiger partial charge in [-0.3, -0.25) is 4.21 Å². The molecule has 2 nitrogen and oxygen atoms in total. The SMILES string of the molecule is Cc1cccc(CS(=O)c2ccc(C)cc2N)c1. The van der Waals surface area contributed by atoms with Gasteiger partial charge < -0.3 is 5.73 Å².